The van der Waals surface area contributed by atoms with E-state index in [1.807, 2.05) is 0 Å². The van der Waals surface area contributed by atoms with Gasteiger partial charge in [-0.1, -0.05) is 81.4 Å². The van der Waals surface area contributed by atoms with E-state index in [0.717, 1.165) is 0 Å². The van der Waals surface area contributed by atoms with Crippen LogP contribution in [0.4, 0.5) is 0 Å². The zero-order valence-corrected chi connectivity index (χ0v) is 14.3. The molecule has 114 valence electrons. The van der Waals surface area contributed by atoms with E-state index in [-0.39, 0.29) is 5.41 Å². The van der Waals surface area contributed by atoms with Crippen LogP contribution in [-0.4, -0.2) is 0 Å². The molecule has 0 saturated heterocycles. The van der Waals surface area contributed by atoms with Gasteiger partial charge < -0.3 is 0 Å². The predicted octanol–water partition coefficient (Wildman–Crippen LogP) is 6.75. The highest BCUT2D eigenvalue weighted by molar-refractivity contribution is 6.20. The summed E-state index contributed by atoms with van der Waals surface area (Å²) in [6.45, 7) is 9.11. The molecule has 0 aliphatic heterocycles. The normalized spacial score (nSPS) is 12.3. The maximum atomic E-state index is 2.38. The zero-order chi connectivity index (χ0) is 16.2. The second-order valence-corrected chi connectivity index (χ2v) is 7.59. The maximum absolute atomic E-state index is 2.38. The smallest absolute Gasteiger partial charge is 0.00267 e. The first-order valence-corrected chi connectivity index (χ1v) is 8.30. The summed E-state index contributed by atoms with van der Waals surface area (Å²) in [5, 5.41) is 8.06. The standard InChI is InChI=1S/C23H22/c1-15-13-20-18(14-21(15)23(2,3)4)12-11-17-10-9-16-7-5-6-8-19(16)22(17)20/h5-14H,1-4H3. The Labute approximate surface area is 137 Å². The minimum Gasteiger partial charge on any atom is -0.0616 e. The number of hydrogen-bond donors (Lipinski definition) is 0. The van der Waals surface area contributed by atoms with Gasteiger partial charge in [-0.3, -0.25) is 0 Å². The van der Waals surface area contributed by atoms with Crippen molar-refractivity contribution in [2.24, 2.45) is 0 Å². The van der Waals surface area contributed by atoms with Crippen LogP contribution in [0.3, 0.4) is 0 Å². The average molecular weight is 298 g/mol. The molecule has 0 heterocycles. The monoisotopic (exact) mass is 298 g/mol. The Bertz CT molecular complexity index is 1050. The fraction of sp³-hybridized carbons (Fsp3) is 0.217. The maximum Gasteiger partial charge on any atom is -0.00267 e. The van der Waals surface area contributed by atoms with Gasteiger partial charge in [0, 0.05) is 0 Å². The highest BCUT2D eigenvalue weighted by atomic mass is 14.2. The molecule has 0 aliphatic rings. The fourth-order valence-electron chi connectivity index (χ4n) is 3.79. The number of hydrogen-bond acceptors (Lipinski definition) is 0. The Kier molecular flexibility index (Phi) is 2.99. The Balaban J connectivity index is 2.20. The first-order chi connectivity index (χ1) is 10.9. The van der Waals surface area contributed by atoms with Crippen molar-refractivity contribution in [2.45, 2.75) is 33.1 Å². The first kappa shape index (κ1) is 14.3. The molecule has 0 bridgehead atoms. The molecule has 0 radical (unpaired) electrons. The van der Waals surface area contributed by atoms with E-state index < -0.39 is 0 Å². The van der Waals surface area contributed by atoms with Crippen molar-refractivity contribution in [1.29, 1.82) is 0 Å². The van der Waals surface area contributed by atoms with Crippen LogP contribution in [0, 0.1) is 6.92 Å². The largest absolute Gasteiger partial charge is 0.0616 e. The topological polar surface area (TPSA) is 0 Å². The van der Waals surface area contributed by atoms with Crippen molar-refractivity contribution in [3.63, 3.8) is 0 Å². The van der Waals surface area contributed by atoms with Crippen LogP contribution < -0.4 is 0 Å². The molecular formula is C23H22. The summed E-state index contributed by atoms with van der Waals surface area (Å²) in [5.41, 5.74) is 2.99. The third-order valence-electron chi connectivity index (χ3n) is 4.88. The Morgan fingerprint density at radius 3 is 2.04 bits per heavy atom. The quantitative estimate of drug-likeness (QED) is 0.315. The van der Waals surface area contributed by atoms with Gasteiger partial charge in [-0.05, 0) is 55.8 Å². The van der Waals surface area contributed by atoms with Crippen LogP contribution in [0.25, 0.3) is 32.3 Å². The van der Waals surface area contributed by atoms with Crippen molar-refractivity contribution in [3.05, 3.63) is 71.8 Å². The molecule has 23 heavy (non-hydrogen) atoms. The molecule has 0 aromatic heterocycles. The van der Waals surface area contributed by atoms with Crippen molar-refractivity contribution < 1.29 is 0 Å². The molecule has 0 saturated carbocycles. The van der Waals surface area contributed by atoms with Crippen molar-refractivity contribution in [2.75, 3.05) is 0 Å². The molecular weight excluding hydrogens is 276 g/mol. The summed E-state index contributed by atoms with van der Waals surface area (Å²) in [7, 11) is 0. The Hall–Kier alpha value is -2.34. The highest BCUT2D eigenvalue weighted by Gasteiger charge is 2.17. The average Bonchev–Trinajstić information content (AvgIpc) is 2.52. The van der Waals surface area contributed by atoms with Crippen LogP contribution in [0.1, 0.15) is 31.9 Å². The highest BCUT2D eigenvalue weighted by Crippen LogP contribution is 2.36. The first-order valence-electron chi connectivity index (χ1n) is 8.30. The molecule has 0 amide bonds. The number of fused-ring (bicyclic) bond motifs is 5. The van der Waals surface area contributed by atoms with Gasteiger partial charge in [0.1, 0.15) is 0 Å². The van der Waals surface area contributed by atoms with Gasteiger partial charge in [-0.15, -0.1) is 0 Å². The lowest BCUT2D eigenvalue weighted by atomic mass is 9.82. The summed E-state index contributed by atoms with van der Waals surface area (Å²) in [4.78, 5) is 0. The SMILES string of the molecule is Cc1cc2c(ccc3ccc4ccccc4c32)cc1C(C)(C)C. The Morgan fingerprint density at radius 2 is 1.30 bits per heavy atom. The lowest BCUT2D eigenvalue weighted by molar-refractivity contribution is 0.587. The minimum atomic E-state index is 0.173. The van der Waals surface area contributed by atoms with E-state index in [1.54, 1.807) is 0 Å². The third kappa shape index (κ3) is 2.21. The molecule has 4 aromatic carbocycles. The second kappa shape index (κ2) is 4.83. The van der Waals surface area contributed by atoms with Crippen LogP contribution in [0.15, 0.2) is 60.7 Å². The van der Waals surface area contributed by atoms with Gasteiger partial charge in [0.05, 0.1) is 0 Å². The van der Waals surface area contributed by atoms with E-state index in [4.69, 9.17) is 0 Å². The van der Waals surface area contributed by atoms with E-state index >= 15 is 0 Å². The lowest BCUT2D eigenvalue weighted by Crippen LogP contribution is -2.12. The summed E-state index contributed by atoms with van der Waals surface area (Å²) >= 11 is 0. The molecule has 0 fully saturated rings. The summed E-state index contributed by atoms with van der Waals surface area (Å²) in [6.07, 6.45) is 0. The molecule has 0 spiro atoms. The molecule has 0 N–H and O–H groups in total. The lowest BCUT2D eigenvalue weighted by Gasteiger charge is -2.23. The van der Waals surface area contributed by atoms with Gasteiger partial charge in [0.25, 0.3) is 0 Å². The molecule has 0 heteroatoms. The van der Waals surface area contributed by atoms with E-state index in [0.29, 0.717) is 0 Å². The van der Waals surface area contributed by atoms with E-state index in [2.05, 4.69) is 88.4 Å². The van der Waals surface area contributed by atoms with Crippen molar-refractivity contribution in [1.82, 2.24) is 0 Å². The molecule has 0 unspecified atom stereocenters. The van der Waals surface area contributed by atoms with E-state index in [9.17, 15) is 0 Å². The van der Waals surface area contributed by atoms with Crippen LogP contribution in [0.5, 0.6) is 0 Å². The summed E-state index contributed by atoms with van der Waals surface area (Å²) < 4.78 is 0. The van der Waals surface area contributed by atoms with Gasteiger partial charge in [0.15, 0.2) is 0 Å². The number of rotatable bonds is 0. The summed E-state index contributed by atoms with van der Waals surface area (Å²) in [5.74, 6) is 0. The minimum absolute atomic E-state index is 0.173. The van der Waals surface area contributed by atoms with E-state index in [1.165, 1.54) is 43.4 Å². The van der Waals surface area contributed by atoms with Gasteiger partial charge >= 0.3 is 0 Å². The second-order valence-electron chi connectivity index (χ2n) is 7.59. The summed E-state index contributed by atoms with van der Waals surface area (Å²) in [6, 6.07) is 22.4. The fourth-order valence-corrected chi connectivity index (χ4v) is 3.79. The molecule has 4 rings (SSSR count). The number of aryl methyl sites for hydroxylation is 1. The van der Waals surface area contributed by atoms with Crippen LogP contribution in [-0.2, 0) is 5.41 Å². The van der Waals surface area contributed by atoms with Crippen LogP contribution in [0.2, 0.25) is 0 Å². The van der Waals surface area contributed by atoms with Crippen molar-refractivity contribution >= 4 is 32.3 Å². The van der Waals surface area contributed by atoms with Gasteiger partial charge in [0.2, 0.25) is 0 Å². The molecule has 0 nitrogen and oxygen atoms in total. The van der Waals surface area contributed by atoms with Crippen LogP contribution >= 0.6 is 0 Å². The number of benzene rings is 4. The third-order valence-corrected chi connectivity index (χ3v) is 4.88. The molecule has 4 aromatic rings. The molecule has 0 aliphatic carbocycles. The van der Waals surface area contributed by atoms with Gasteiger partial charge in [-0.2, -0.15) is 0 Å². The van der Waals surface area contributed by atoms with Gasteiger partial charge in [-0.25, -0.2) is 0 Å². The molecule has 0 atom stereocenters. The van der Waals surface area contributed by atoms with Crippen molar-refractivity contribution in [3.8, 4) is 0 Å². The predicted molar refractivity (Wildman–Crippen MR) is 102 cm³/mol. The Morgan fingerprint density at radius 1 is 0.652 bits per heavy atom. The zero-order valence-electron chi connectivity index (χ0n) is 14.3.